The molecule has 0 spiro atoms. The SMILES string of the molecule is CC1CC(NCc2ccc(C(=O)O)cc2)CCO1. The number of carboxylic acids is 1. The molecule has 0 saturated carbocycles. The van der Waals surface area contributed by atoms with Crippen molar-refractivity contribution in [2.24, 2.45) is 0 Å². The minimum absolute atomic E-state index is 0.325. The summed E-state index contributed by atoms with van der Waals surface area (Å²) < 4.78 is 5.50. The Bertz CT molecular complexity index is 402. The first kappa shape index (κ1) is 13.1. The van der Waals surface area contributed by atoms with Gasteiger partial charge in [-0.05, 0) is 37.5 Å². The Labute approximate surface area is 107 Å². The van der Waals surface area contributed by atoms with E-state index in [0.29, 0.717) is 17.7 Å². The molecule has 2 rings (SSSR count). The van der Waals surface area contributed by atoms with Crippen molar-refractivity contribution in [3.8, 4) is 0 Å². The Morgan fingerprint density at radius 1 is 1.44 bits per heavy atom. The smallest absolute Gasteiger partial charge is 0.335 e. The van der Waals surface area contributed by atoms with Gasteiger partial charge in [-0.2, -0.15) is 0 Å². The van der Waals surface area contributed by atoms with Crippen molar-refractivity contribution in [2.75, 3.05) is 6.61 Å². The summed E-state index contributed by atoms with van der Waals surface area (Å²) in [6.45, 7) is 3.68. The van der Waals surface area contributed by atoms with Crippen LogP contribution in [0.5, 0.6) is 0 Å². The van der Waals surface area contributed by atoms with Gasteiger partial charge in [-0.3, -0.25) is 0 Å². The molecular weight excluding hydrogens is 230 g/mol. The summed E-state index contributed by atoms with van der Waals surface area (Å²) in [4.78, 5) is 10.7. The quantitative estimate of drug-likeness (QED) is 0.857. The molecule has 1 heterocycles. The molecule has 4 nitrogen and oxygen atoms in total. The molecule has 2 N–H and O–H groups in total. The van der Waals surface area contributed by atoms with Crippen LogP contribution in [0.1, 0.15) is 35.7 Å². The standard InChI is InChI=1S/C14H19NO3/c1-10-8-13(6-7-18-10)15-9-11-2-4-12(5-3-11)14(16)17/h2-5,10,13,15H,6-9H2,1H3,(H,16,17). The summed E-state index contributed by atoms with van der Waals surface area (Å²) in [6.07, 6.45) is 2.40. The van der Waals surface area contributed by atoms with E-state index in [4.69, 9.17) is 9.84 Å². The fourth-order valence-electron chi connectivity index (χ4n) is 2.21. The number of benzene rings is 1. The van der Waals surface area contributed by atoms with Crippen molar-refractivity contribution in [3.63, 3.8) is 0 Å². The Hall–Kier alpha value is -1.39. The van der Waals surface area contributed by atoms with E-state index in [2.05, 4.69) is 12.2 Å². The van der Waals surface area contributed by atoms with Crippen molar-refractivity contribution in [1.82, 2.24) is 5.32 Å². The molecule has 0 bridgehead atoms. The van der Waals surface area contributed by atoms with Crippen molar-refractivity contribution in [3.05, 3.63) is 35.4 Å². The summed E-state index contributed by atoms with van der Waals surface area (Å²) in [5.74, 6) is -0.882. The summed E-state index contributed by atoms with van der Waals surface area (Å²) in [5, 5.41) is 12.3. The highest BCUT2D eigenvalue weighted by atomic mass is 16.5. The summed E-state index contributed by atoms with van der Waals surface area (Å²) in [7, 11) is 0. The lowest BCUT2D eigenvalue weighted by atomic mass is 10.0. The molecule has 1 aromatic rings. The van der Waals surface area contributed by atoms with Gasteiger partial charge < -0.3 is 15.2 Å². The number of nitrogens with one attached hydrogen (secondary N) is 1. The van der Waals surface area contributed by atoms with E-state index in [-0.39, 0.29) is 0 Å². The monoisotopic (exact) mass is 249 g/mol. The minimum Gasteiger partial charge on any atom is -0.478 e. The van der Waals surface area contributed by atoms with Crippen LogP contribution in [0.4, 0.5) is 0 Å². The first-order chi connectivity index (χ1) is 8.65. The van der Waals surface area contributed by atoms with Gasteiger partial charge in [-0.15, -0.1) is 0 Å². The van der Waals surface area contributed by atoms with Gasteiger partial charge in [-0.25, -0.2) is 4.79 Å². The number of ether oxygens (including phenoxy) is 1. The molecule has 2 atom stereocenters. The fourth-order valence-corrected chi connectivity index (χ4v) is 2.21. The molecule has 0 amide bonds. The molecule has 0 aliphatic carbocycles. The average molecular weight is 249 g/mol. The number of aromatic carboxylic acids is 1. The third kappa shape index (κ3) is 3.55. The molecule has 1 aromatic carbocycles. The summed E-state index contributed by atoms with van der Waals surface area (Å²) in [5.41, 5.74) is 1.44. The van der Waals surface area contributed by atoms with Crippen LogP contribution in [0, 0.1) is 0 Å². The Morgan fingerprint density at radius 2 is 2.17 bits per heavy atom. The van der Waals surface area contributed by atoms with E-state index < -0.39 is 5.97 Å². The molecule has 0 aromatic heterocycles. The van der Waals surface area contributed by atoms with Crippen LogP contribution >= 0.6 is 0 Å². The second kappa shape index (κ2) is 5.98. The second-order valence-corrected chi connectivity index (χ2v) is 4.79. The van der Waals surface area contributed by atoms with Crippen molar-refractivity contribution >= 4 is 5.97 Å². The molecule has 1 aliphatic rings. The number of rotatable bonds is 4. The Morgan fingerprint density at radius 3 is 2.78 bits per heavy atom. The van der Waals surface area contributed by atoms with Gasteiger partial charge in [0.2, 0.25) is 0 Å². The zero-order valence-corrected chi connectivity index (χ0v) is 10.6. The van der Waals surface area contributed by atoms with Gasteiger partial charge in [0.25, 0.3) is 0 Å². The third-order valence-electron chi connectivity index (χ3n) is 3.28. The zero-order valence-electron chi connectivity index (χ0n) is 10.6. The van der Waals surface area contributed by atoms with Crippen LogP contribution < -0.4 is 5.32 Å². The summed E-state index contributed by atoms with van der Waals surface area (Å²) in [6, 6.07) is 7.50. The Balaban J connectivity index is 1.84. The average Bonchev–Trinajstić information content (AvgIpc) is 2.37. The van der Waals surface area contributed by atoms with Gasteiger partial charge in [0.05, 0.1) is 11.7 Å². The molecule has 2 unspecified atom stereocenters. The van der Waals surface area contributed by atoms with E-state index in [1.165, 1.54) is 0 Å². The lowest BCUT2D eigenvalue weighted by molar-refractivity contribution is 0.0130. The van der Waals surface area contributed by atoms with Crippen molar-refractivity contribution in [2.45, 2.75) is 38.5 Å². The van der Waals surface area contributed by atoms with E-state index >= 15 is 0 Å². The minimum atomic E-state index is -0.882. The van der Waals surface area contributed by atoms with Crippen molar-refractivity contribution < 1.29 is 14.6 Å². The molecule has 1 aliphatic heterocycles. The molecule has 98 valence electrons. The molecule has 0 radical (unpaired) electrons. The first-order valence-corrected chi connectivity index (χ1v) is 6.32. The molecule has 4 heteroatoms. The highest BCUT2D eigenvalue weighted by Gasteiger charge is 2.18. The highest BCUT2D eigenvalue weighted by molar-refractivity contribution is 5.87. The predicted octanol–water partition coefficient (Wildman–Crippen LogP) is 2.04. The second-order valence-electron chi connectivity index (χ2n) is 4.79. The van der Waals surface area contributed by atoms with Crippen LogP contribution in [-0.2, 0) is 11.3 Å². The highest BCUT2D eigenvalue weighted by Crippen LogP contribution is 2.14. The number of carboxylic acid groups (broad SMARTS) is 1. The van der Waals surface area contributed by atoms with Crippen LogP contribution in [-0.4, -0.2) is 29.8 Å². The van der Waals surface area contributed by atoms with Crippen LogP contribution in [0.2, 0.25) is 0 Å². The van der Waals surface area contributed by atoms with Crippen LogP contribution in [0.25, 0.3) is 0 Å². The lowest BCUT2D eigenvalue weighted by Gasteiger charge is -2.28. The van der Waals surface area contributed by atoms with E-state index in [1.807, 2.05) is 12.1 Å². The maximum atomic E-state index is 10.7. The molecule has 1 fully saturated rings. The maximum absolute atomic E-state index is 10.7. The van der Waals surface area contributed by atoms with E-state index in [9.17, 15) is 4.79 Å². The van der Waals surface area contributed by atoms with Crippen LogP contribution in [0.15, 0.2) is 24.3 Å². The van der Waals surface area contributed by atoms with E-state index in [1.54, 1.807) is 12.1 Å². The van der Waals surface area contributed by atoms with Crippen LogP contribution in [0.3, 0.4) is 0 Å². The van der Waals surface area contributed by atoms with Gasteiger partial charge >= 0.3 is 5.97 Å². The van der Waals surface area contributed by atoms with Gasteiger partial charge in [-0.1, -0.05) is 12.1 Å². The van der Waals surface area contributed by atoms with Gasteiger partial charge in [0.15, 0.2) is 0 Å². The summed E-state index contributed by atoms with van der Waals surface area (Å²) >= 11 is 0. The number of hydrogen-bond donors (Lipinski definition) is 2. The number of carbonyl (C=O) groups is 1. The van der Waals surface area contributed by atoms with Gasteiger partial charge in [0.1, 0.15) is 0 Å². The topological polar surface area (TPSA) is 58.6 Å². The fraction of sp³-hybridized carbons (Fsp3) is 0.500. The van der Waals surface area contributed by atoms with Crippen molar-refractivity contribution in [1.29, 1.82) is 0 Å². The zero-order chi connectivity index (χ0) is 13.0. The third-order valence-corrected chi connectivity index (χ3v) is 3.28. The van der Waals surface area contributed by atoms with Gasteiger partial charge in [0, 0.05) is 19.2 Å². The molecular formula is C14H19NO3. The maximum Gasteiger partial charge on any atom is 0.335 e. The number of hydrogen-bond acceptors (Lipinski definition) is 3. The lowest BCUT2D eigenvalue weighted by Crippen LogP contribution is -2.37. The first-order valence-electron chi connectivity index (χ1n) is 6.32. The van der Waals surface area contributed by atoms with E-state index in [0.717, 1.165) is 31.6 Å². The predicted molar refractivity (Wildman–Crippen MR) is 68.7 cm³/mol. The Kier molecular flexibility index (Phi) is 4.33. The largest absolute Gasteiger partial charge is 0.478 e. The normalized spacial score (nSPS) is 23.8. The molecule has 1 saturated heterocycles. The molecule has 18 heavy (non-hydrogen) atoms.